The van der Waals surface area contributed by atoms with Crippen molar-refractivity contribution in [3.05, 3.63) is 0 Å². The van der Waals surface area contributed by atoms with Crippen molar-refractivity contribution in [2.45, 2.75) is 64.2 Å². The summed E-state index contributed by atoms with van der Waals surface area (Å²) >= 11 is 0. The third kappa shape index (κ3) is 14.7. The second-order valence-electron chi connectivity index (χ2n) is 4.44. The number of carbonyl (C=O) groups is 2. The summed E-state index contributed by atoms with van der Waals surface area (Å²) in [5.74, 6) is -0.710. The van der Waals surface area contributed by atoms with Gasteiger partial charge in [0.15, 0.2) is 0 Å². The molecule has 0 bridgehead atoms. The molecule has 0 aromatic heterocycles. The van der Waals surface area contributed by atoms with Gasteiger partial charge in [-0.3, -0.25) is 4.79 Å². The molecule has 0 spiro atoms. The highest BCUT2D eigenvalue weighted by molar-refractivity contribution is 5.66. The Hall–Kier alpha value is -1.26. The number of carboxylic acid groups (broad SMARTS) is 2. The molecule has 0 fully saturated rings. The molecule has 2 N–H and O–H groups in total. The van der Waals surface area contributed by atoms with E-state index in [1.165, 1.54) is 6.42 Å². The van der Waals surface area contributed by atoms with Crippen LogP contribution in [-0.4, -0.2) is 28.9 Å². The van der Waals surface area contributed by atoms with Crippen LogP contribution >= 0.6 is 0 Å². The molecule has 0 aromatic rings. The van der Waals surface area contributed by atoms with Crippen LogP contribution in [0.3, 0.4) is 0 Å². The lowest BCUT2D eigenvalue weighted by atomic mass is 10.1. The van der Waals surface area contributed by atoms with Gasteiger partial charge in [-0.25, -0.2) is 4.79 Å². The summed E-state index contributed by atoms with van der Waals surface area (Å²) in [5, 5.41) is 16.7. The maximum Gasteiger partial charge on any atom is 0.505 e. The minimum atomic E-state index is -1.20. The van der Waals surface area contributed by atoms with E-state index in [-0.39, 0.29) is 6.42 Å². The van der Waals surface area contributed by atoms with Gasteiger partial charge in [0.1, 0.15) is 0 Å². The molecule has 5 nitrogen and oxygen atoms in total. The zero-order chi connectivity index (χ0) is 13.6. The van der Waals surface area contributed by atoms with Crippen molar-refractivity contribution >= 4 is 12.1 Å². The van der Waals surface area contributed by atoms with Crippen LogP contribution in [0.1, 0.15) is 64.2 Å². The smallest absolute Gasteiger partial charge is 0.481 e. The zero-order valence-electron chi connectivity index (χ0n) is 10.9. The van der Waals surface area contributed by atoms with E-state index in [0.29, 0.717) is 6.61 Å². The van der Waals surface area contributed by atoms with Crippen LogP contribution in [0, 0.1) is 0 Å². The monoisotopic (exact) mass is 260 g/mol. The molecule has 0 aliphatic rings. The van der Waals surface area contributed by atoms with Crippen molar-refractivity contribution in [2.75, 3.05) is 6.61 Å². The molecule has 0 atom stereocenters. The van der Waals surface area contributed by atoms with E-state index in [2.05, 4.69) is 4.74 Å². The van der Waals surface area contributed by atoms with Gasteiger partial charge in [0.25, 0.3) is 0 Å². The Kier molecular flexibility index (Phi) is 11.3. The summed E-state index contributed by atoms with van der Waals surface area (Å²) in [6, 6.07) is 0. The second kappa shape index (κ2) is 12.2. The van der Waals surface area contributed by atoms with E-state index in [1.807, 2.05) is 0 Å². The molecule has 0 aromatic carbocycles. The first-order valence-corrected chi connectivity index (χ1v) is 6.70. The highest BCUT2D eigenvalue weighted by atomic mass is 16.7. The van der Waals surface area contributed by atoms with Crippen molar-refractivity contribution in [2.24, 2.45) is 0 Å². The molecule has 5 heteroatoms. The first-order chi connectivity index (χ1) is 8.63. The van der Waals surface area contributed by atoms with Crippen molar-refractivity contribution < 1.29 is 24.5 Å². The fourth-order valence-corrected chi connectivity index (χ4v) is 1.78. The third-order valence-electron chi connectivity index (χ3n) is 2.76. The fourth-order valence-electron chi connectivity index (χ4n) is 1.78. The lowest BCUT2D eigenvalue weighted by Crippen LogP contribution is -2.01. The second-order valence-corrected chi connectivity index (χ2v) is 4.44. The Morgan fingerprint density at radius 3 is 1.61 bits per heavy atom. The van der Waals surface area contributed by atoms with Gasteiger partial charge in [-0.15, -0.1) is 0 Å². The summed E-state index contributed by atoms with van der Waals surface area (Å²) in [6.45, 7) is 0.296. The van der Waals surface area contributed by atoms with Crippen LogP contribution in [0.2, 0.25) is 0 Å². The Morgan fingerprint density at radius 2 is 1.17 bits per heavy atom. The topological polar surface area (TPSA) is 83.8 Å². The van der Waals surface area contributed by atoms with Gasteiger partial charge in [0, 0.05) is 6.42 Å². The predicted octanol–water partition coefficient (Wildman–Crippen LogP) is 3.67. The highest BCUT2D eigenvalue weighted by Gasteiger charge is 1.97. The molecular weight excluding hydrogens is 236 g/mol. The quantitative estimate of drug-likeness (QED) is 0.413. The van der Waals surface area contributed by atoms with Crippen LogP contribution < -0.4 is 0 Å². The predicted molar refractivity (Wildman–Crippen MR) is 67.8 cm³/mol. The number of hydrogen-bond donors (Lipinski definition) is 2. The van der Waals surface area contributed by atoms with E-state index < -0.39 is 12.1 Å². The standard InChI is InChI=1S/C13H24O5/c14-12(15)10-8-6-4-2-1-3-5-7-9-11-18-13(16)17/h1-11H2,(H,14,15)(H,16,17). The molecule has 0 aliphatic heterocycles. The third-order valence-corrected chi connectivity index (χ3v) is 2.76. The van der Waals surface area contributed by atoms with Crippen LogP contribution in [0.4, 0.5) is 4.79 Å². The largest absolute Gasteiger partial charge is 0.505 e. The van der Waals surface area contributed by atoms with E-state index in [0.717, 1.165) is 51.4 Å². The van der Waals surface area contributed by atoms with Crippen LogP contribution in [0.25, 0.3) is 0 Å². The molecular formula is C13H24O5. The average Bonchev–Trinajstić information content (AvgIpc) is 2.29. The van der Waals surface area contributed by atoms with E-state index in [4.69, 9.17) is 10.2 Å². The van der Waals surface area contributed by atoms with Gasteiger partial charge in [0.2, 0.25) is 0 Å². The van der Waals surface area contributed by atoms with E-state index >= 15 is 0 Å². The molecule has 0 saturated carbocycles. The SMILES string of the molecule is O=C(O)CCCCCCCCCCCOC(=O)O. The number of unbranched alkanes of at least 4 members (excludes halogenated alkanes) is 8. The van der Waals surface area contributed by atoms with E-state index in [1.54, 1.807) is 0 Å². The van der Waals surface area contributed by atoms with Crippen LogP contribution in [-0.2, 0) is 9.53 Å². The summed E-state index contributed by atoms with van der Waals surface area (Å²) < 4.78 is 4.40. The average molecular weight is 260 g/mol. The molecule has 0 saturated heterocycles. The molecule has 106 valence electrons. The van der Waals surface area contributed by atoms with Crippen LogP contribution in [0.15, 0.2) is 0 Å². The summed E-state index contributed by atoms with van der Waals surface area (Å²) in [6.07, 6.45) is 8.37. The Morgan fingerprint density at radius 1 is 0.722 bits per heavy atom. The van der Waals surface area contributed by atoms with Crippen LogP contribution in [0.5, 0.6) is 0 Å². The number of ether oxygens (including phenoxy) is 1. The minimum absolute atomic E-state index is 0.281. The Labute approximate surface area is 108 Å². The molecule has 0 radical (unpaired) electrons. The van der Waals surface area contributed by atoms with E-state index in [9.17, 15) is 9.59 Å². The Balaban J connectivity index is 2.99. The van der Waals surface area contributed by atoms with Crippen molar-refractivity contribution in [3.8, 4) is 0 Å². The van der Waals surface area contributed by atoms with Gasteiger partial charge in [-0.2, -0.15) is 0 Å². The van der Waals surface area contributed by atoms with Gasteiger partial charge >= 0.3 is 12.1 Å². The highest BCUT2D eigenvalue weighted by Crippen LogP contribution is 2.10. The lowest BCUT2D eigenvalue weighted by Gasteiger charge is -2.02. The lowest BCUT2D eigenvalue weighted by molar-refractivity contribution is -0.137. The summed E-state index contributed by atoms with van der Waals surface area (Å²) in [4.78, 5) is 20.3. The molecule has 0 heterocycles. The molecule has 0 unspecified atom stereocenters. The van der Waals surface area contributed by atoms with Gasteiger partial charge < -0.3 is 14.9 Å². The maximum absolute atomic E-state index is 10.3. The number of hydrogen-bond acceptors (Lipinski definition) is 3. The number of aliphatic carboxylic acids is 1. The van der Waals surface area contributed by atoms with Gasteiger partial charge in [-0.1, -0.05) is 44.9 Å². The number of carboxylic acids is 1. The van der Waals surface area contributed by atoms with Crippen molar-refractivity contribution in [1.82, 2.24) is 0 Å². The Bertz CT molecular complexity index is 203. The fraction of sp³-hybridized carbons (Fsp3) is 0.846. The zero-order valence-corrected chi connectivity index (χ0v) is 10.9. The maximum atomic E-state index is 10.3. The first kappa shape index (κ1) is 16.7. The molecule has 0 amide bonds. The summed E-state index contributed by atoms with van der Waals surface area (Å²) in [5.41, 5.74) is 0. The molecule has 18 heavy (non-hydrogen) atoms. The normalized spacial score (nSPS) is 10.2. The number of rotatable bonds is 12. The molecule has 0 aliphatic carbocycles. The first-order valence-electron chi connectivity index (χ1n) is 6.70. The van der Waals surface area contributed by atoms with Crippen molar-refractivity contribution in [1.29, 1.82) is 0 Å². The van der Waals surface area contributed by atoms with Crippen molar-refractivity contribution in [3.63, 3.8) is 0 Å². The summed E-state index contributed by atoms with van der Waals surface area (Å²) in [7, 11) is 0. The molecule has 0 rings (SSSR count). The minimum Gasteiger partial charge on any atom is -0.481 e. The van der Waals surface area contributed by atoms with Gasteiger partial charge in [0.05, 0.1) is 6.61 Å². The van der Waals surface area contributed by atoms with Gasteiger partial charge in [-0.05, 0) is 12.8 Å².